The summed E-state index contributed by atoms with van der Waals surface area (Å²) in [5.74, 6) is 0.285. The summed E-state index contributed by atoms with van der Waals surface area (Å²) in [4.78, 5) is 2.46. The fraction of sp³-hybridized carbons (Fsp3) is 0.0303. The molecular formula is C66H42N2. The molecule has 1 aromatic heterocycles. The molecule has 1 unspecified atom stereocenters. The summed E-state index contributed by atoms with van der Waals surface area (Å²) < 4.78 is 2.56. The molecule has 68 heavy (non-hydrogen) atoms. The Morgan fingerprint density at radius 1 is 0.324 bits per heavy atom. The lowest BCUT2D eigenvalue weighted by molar-refractivity contribution is 0.832. The number of fused-ring (bicyclic) bond motifs is 18. The smallest absolute Gasteiger partial charge is 0.0553 e. The topological polar surface area (TPSA) is 8.17 Å². The van der Waals surface area contributed by atoms with Crippen LogP contribution >= 0.6 is 0 Å². The molecule has 0 amide bonds. The zero-order chi connectivity index (χ0) is 44.5. The first-order chi connectivity index (χ1) is 33.7. The van der Waals surface area contributed by atoms with Crippen molar-refractivity contribution in [3.05, 3.63) is 253 Å². The van der Waals surface area contributed by atoms with Gasteiger partial charge in [0.15, 0.2) is 0 Å². The van der Waals surface area contributed by atoms with Crippen LogP contribution < -0.4 is 4.90 Å². The average molecular weight is 863 g/mol. The fourth-order valence-electron chi connectivity index (χ4n) is 12.3. The van der Waals surface area contributed by atoms with Gasteiger partial charge in [-0.3, -0.25) is 0 Å². The molecule has 0 saturated heterocycles. The van der Waals surface area contributed by atoms with E-state index >= 15 is 0 Å². The lowest BCUT2D eigenvalue weighted by Gasteiger charge is -2.26. The highest BCUT2D eigenvalue weighted by Gasteiger charge is 2.36. The van der Waals surface area contributed by atoms with Crippen molar-refractivity contribution in [1.82, 2.24) is 4.57 Å². The molecule has 2 heteroatoms. The van der Waals surface area contributed by atoms with Crippen LogP contribution in [0.1, 0.15) is 23.5 Å². The predicted octanol–water partition coefficient (Wildman–Crippen LogP) is 18.0. The van der Waals surface area contributed by atoms with Crippen molar-refractivity contribution in [2.75, 3.05) is 4.90 Å². The molecule has 2 aliphatic rings. The van der Waals surface area contributed by atoms with E-state index in [1.807, 2.05) is 0 Å². The summed E-state index contributed by atoms with van der Waals surface area (Å²) >= 11 is 0. The van der Waals surface area contributed by atoms with Crippen molar-refractivity contribution in [1.29, 1.82) is 0 Å². The summed E-state index contributed by atoms with van der Waals surface area (Å²) in [5, 5.41) is 17.8. The third kappa shape index (κ3) is 5.34. The SMILES string of the molecule is C1=C(c2ccc3c(c2)c2ccccc2n3-c2cc(-c3ccc4c5ccccc5c5ccccc5c4c3)cc3c4ccccc4c4ccccc4c23)CC2C(=C1)N(c1ccccc1)c1ccccc12. The standard InChI is InChI=1S/C66H42N2/c1-2-16-45(17-3-1)67-61-28-14-12-25-54(61)58-37-41(31-34-63(58)67)42-32-35-64-59(38-42)55-26-13-15-29-62(55)68(64)65-40-44(39-60-52-24-9-7-21-49(52)50-22-10-11-27-56(50)66(60)65)43-30-33-53-48-20-5-4-18-46(48)47-19-6-8-23-51(47)57(53)36-43/h1-36,38-40,58H,37H2. The number of anilines is 2. The largest absolute Gasteiger partial charge is 0.313 e. The molecule has 316 valence electrons. The molecule has 0 saturated carbocycles. The Morgan fingerprint density at radius 2 is 0.838 bits per heavy atom. The first-order valence-corrected chi connectivity index (χ1v) is 23.8. The first kappa shape index (κ1) is 37.5. The van der Waals surface area contributed by atoms with Crippen LogP contribution in [0, 0.1) is 0 Å². The van der Waals surface area contributed by atoms with Crippen LogP contribution in [0.15, 0.2) is 242 Å². The molecule has 2 nitrogen and oxygen atoms in total. The van der Waals surface area contributed by atoms with E-state index in [9.17, 15) is 0 Å². The van der Waals surface area contributed by atoms with Gasteiger partial charge in [-0.25, -0.2) is 0 Å². The minimum absolute atomic E-state index is 0.285. The number of para-hydroxylation sites is 3. The molecule has 12 aromatic carbocycles. The van der Waals surface area contributed by atoms with Gasteiger partial charge in [0.1, 0.15) is 0 Å². The molecule has 1 aliphatic carbocycles. The highest BCUT2D eigenvalue weighted by Crippen LogP contribution is 2.53. The van der Waals surface area contributed by atoms with E-state index in [2.05, 4.69) is 246 Å². The molecule has 13 aromatic rings. The number of allylic oxidation sites excluding steroid dienone is 4. The Labute approximate surface area is 393 Å². The lowest BCUT2D eigenvalue weighted by atomic mass is 9.84. The van der Waals surface area contributed by atoms with Crippen LogP contribution in [0.5, 0.6) is 0 Å². The maximum Gasteiger partial charge on any atom is 0.0553 e. The second-order valence-corrected chi connectivity index (χ2v) is 18.7. The molecule has 1 atom stereocenters. The van der Waals surface area contributed by atoms with Crippen molar-refractivity contribution < 1.29 is 0 Å². The van der Waals surface area contributed by atoms with Gasteiger partial charge >= 0.3 is 0 Å². The molecule has 2 heterocycles. The fourth-order valence-corrected chi connectivity index (χ4v) is 12.3. The van der Waals surface area contributed by atoms with Crippen LogP contribution in [0.4, 0.5) is 11.4 Å². The number of benzene rings is 12. The molecule has 0 fully saturated rings. The van der Waals surface area contributed by atoms with Gasteiger partial charge in [0.25, 0.3) is 0 Å². The number of nitrogens with zero attached hydrogens (tertiary/aromatic N) is 2. The summed E-state index contributed by atoms with van der Waals surface area (Å²) in [7, 11) is 0. The van der Waals surface area contributed by atoms with Crippen LogP contribution in [0.25, 0.3) is 109 Å². The van der Waals surface area contributed by atoms with Crippen molar-refractivity contribution in [2.24, 2.45) is 0 Å². The van der Waals surface area contributed by atoms with Gasteiger partial charge in [-0.2, -0.15) is 0 Å². The van der Waals surface area contributed by atoms with E-state index in [1.54, 1.807) is 0 Å². The van der Waals surface area contributed by atoms with Gasteiger partial charge in [0.2, 0.25) is 0 Å². The molecular weight excluding hydrogens is 821 g/mol. The van der Waals surface area contributed by atoms with Crippen molar-refractivity contribution in [2.45, 2.75) is 12.3 Å². The van der Waals surface area contributed by atoms with E-state index in [1.165, 1.54) is 137 Å². The number of hydrogen-bond acceptors (Lipinski definition) is 1. The average Bonchev–Trinajstić information content (AvgIpc) is 3.93. The second kappa shape index (κ2) is 14.4. The Balaban J connectivity index is 0.971. The van der Waals surface area contributed by atoms with Gasteiger partial charge < -0.3 is 9.47 Å². The summed E-state index contributed by atoms with van der Waals surface area (Å²) in [6, 6.07) is 83.8. The minimum atomic E-state index is 0.285. The third-order valence-corrected chi connectivity index (χ3v) is 15.2. The molecule has 0 spiro atoms. The molecule has 0 radical (unpaired) electrons. The highest BCUT2D eigenvalue weighted by molar-refractivity contribution is 6.29. The number of aromatic nitrogens is 1. The maximum atomic E-state index is 2.56. The number of rotatable bonds is 4. The highest BCUT2D eigenvalue weighted by atomic mass is 15.2. The quantitative estimate of drug-likeness (QED) is 0.160. The van der Waals surface area contributed by atoms with E-state index in [4.69, 9.17) is 0 Å². The van der Waals surface area contributed by atoms with Crippen molar-refractivity contribution in [3.63, 3.8) is 0 Å². The van der Waals surface area contributed by atoms with Crippen LogP contribution in [-0.2, 0) is 0 Å². The van der Waals surface area contributed by atoms with Gasteiger partial charge in [-0.1, -0.05) is 176 Å². The van der Waals surface area contributed by atoms with Gasteiger partial charge in [0.05, 0.1) is 16.7 Å². The van der Waals surface area contributed by atoms with Crippen molar-refractivity contribution in [3.8, 4) is 16.8 Å². The zero-order valence-electron chi connectivity index (χ0n) is 37.2. The molecule has 15 rings (SSSR count). The lowest BCUT2D eigenvalue weighted by Crippen LogP contribution is -2.15. The maximum absolute atomic E-state index is 2.56. The monoisotopic (exact) mass is 862 g/mol. The Morgan fingerprint density at radius 3 is 1.56 bits per heavy atom. The summed E-state index contributed by atoms with van der Waals surface area (Å²) in [5.41, 5.74) is 13.9. The second-order valence-electron chi connectivity index (χ2n) is 18.7. The van der Waals surface area contributed by atoms with Gasteiger partial charge in [0, 0.05) is 39.1 Å². The summed E-state index contributed by atoms with van der Waals surface area (Å²) in [6.45, 7) is 0. The van der Waals surface area contributed by atoms with Gasteiger partial charge in [-0.15, -0.1) is 0 Å². The van der Waals surface area contributed by atoms with E-state index in [-0.39, 0.29) is 5.92 Å². The predicted molar refractivity (Wildman–Crippen MR) is 290 cm³/mol. The van der Waals surface area contributed by atoms with E-state index in [0.29, 0.717) is 0 Å². The Bertz CT molecular complexity index is 4320. The number of hydrogen-bond donors (Lipinski definition) is 0. The Kier molecular flexibility index (Phi) is 7.93. The Hall–Kier alpha value is -8.72. The zero-order valence-corrected chi connectivity index (χ0v) is 37.2. The summed E-state index contributed by atoms with van der Waals surface area (Å²) in [6.07, 6.45) is 5.69. The van der Waals surface area contributed by atoms with Crippen LogP contribution in [0.2, 0.25) is 0 Å². The minimum Gasteiger partial charge on any atom is -0.313 e. The third-order valence-electron chi connectivity index (χ3n) is 15.2. The normalized spacial score (nSPS) is 14.7. The van der Waals surface area contributed by atoms with E-state index in [0.717, 1.165) is 6.42 Å². The molecule has 0 N–H and O–H groups in total. The van der Waals surface area contributed by atoms with Gasteiger partial charge in [-0.05, 0) is 154 Å². The molecule has 0 bridgehead atoms. The van der Waals surface area contributed by atoms with E-state index < -0.39 is 0 Å². The molecule has 1 aliphatic heterocycles. The first-order valence-electron chi connectivity index (χ1n) is 23.8. The van der Waals surface area contributed by atoms with Crippen molar-refractivity contribution >= 4 is 103 Å². The van der Waals surface area contributed by atoms with Crippen LogP contribution in [0.3, 0.4) is 0 Å². The van der Waals surface area contributed by atoms with Crippen LogP contribution in [-0.4, -0.2) is 4.57 Å².